The van der Waals surface area contributed by atoms with Crippen LogP contribution in [0.3, 0.4) is 0 Å². The number of nitrogens with one attached hydrogen (secondary N) is 1. The largest absolute Gasteiger partial charge is 0.345 e. The highest BCUT2D eigenvalue weighted by atomic mass is 32.1. The summed E-state index contributed by atoms with van der Waals surface area (Å²) in [4.78, 5) is 7.18. The highest BCUT2D eigenvalue weighted by molar-refractivity contribution is 7.13. The first-order valence-electron chi connectivity index (χ1n) is 7.00. The van der Waals surface area contributed by atoms with Gasteiger partial charge in [-0.1, -0.05) is 13.8 Å². The predicted molar refractivity (Wildman–Crippen MR) is 79.3 cm³/mol. The van der Waals surface area contributed by atoms with Gasteiger partial charge in [-0.05, 0) is 32.6 Å². The Bertz CT molecular complexity index is 369. The molecule has 4 heteroatoms. The van der Waals surface area contributed by atoms with Crippen LogP contribution in [0.2, 0.25) is 0 Å². The van der Waals surface area contributed by atoms with E-state index in [4.69, 9.17) is 4.98 Å². The standard InChI is InChI=1S/C14H25N3S/c1-10(2)8-17(11(3)4)14-16-13(9-18-14)7-15-12-5-6-12/h9-12,15H,5-8H2,1-4H3. The molecule has 1 aromatic rings. The molecular weight excluding hydrogens is 242 g/mol. The number of aromatic nitrogens is 1. The van der Waals surface area contributed by atoms with Gasteiger partial charge in [0.1, 0.15) is 0 Å². The highest BCUT2D eigenvalue weighted by Crippen LogP contribution is 2.25. The monoisotopic (exact) mass is 267 g/mol. The Morgan fingerprint density at radius 3 is 2.67 bits per heavy atom. The zero-order valence-electron chi connectivity index (χ0n) is 11.9. The number of hydrogen-bond donors (Lipinski definition) is 1. The Morgan fingerprint density at radius 2 is 2.11 bits per heavy atom. The number of hydrogen-bond acceptors (Lipinski definition) is 4. The third-order valence-corrected chi connectivity index (χ3v) is 4.05. The molecular formula is C14H25N3S. The maximum absolute atomic E-state index is 4.77. The van der Waals surface area contributed by atoms with Crippen molar-refractivity contribution in [1.82, 2.24) is 10.3 Å². The first kappa shape index (κ1) is 13.8. The molecule has 2 rings (SSSR count). The van der Waals surface area contributed by atoms with Crippen LogP contribution in [0.15, 0.2) is 5.38 Å². The zero-order valence-corrected chi connectivity index (χ0v) is 12.8. The molecule has 1 aliphatic carbocycles. The third kappa shape index (κ3) is 3.95. The van der Waals surface area contributed by atoms with Gasteiger partial charge < -0.3 is 10.2 Å². The first-order chi connectivity index (χ1) is 8.56. The van der Waals surface area contributed by atoms with Crippen molar-refractivity contribution in [3.8, 4) is 0 Å². The second kappa shape index (κ2) is 6.02. The number of thiazole rings is 1. The van der Waals surface area contributed by atoms with Crippen molar-refractivity contribution in [2.45, 2.75) is 59.2 Å². The van der Waals surface area contributed by atoms with E-state index in [9.17, 15) is 0 Å². The summed E-state index contributed by atoms with van der Waals surface area (Å²) in [5.41, 5.74) is 1.19. The van der Waals surface area contributed by atoms with Gasteiger partial charge in [0.2, 0.25) is 0 Å². The quantitative estimate of drug-likeness (QED) is 0.822. The van der Waals surface area contributed by atoms with Gasteiger partial charge in [-0.3, -0.25) is 0 Å². The summed E-state index contributed by atoms with van der Waals surface area (Å²) in [6.45, 7) is 11.0. The molecule has 1 saturated carbocycles. The molecule has 1 aromatic heterocycles. The van der Waals surface area contributed by atoms with Crippen molar-refractivity contribution in [1.29, 1.82) is 0 Å². The summed E-state index contributed by atoms with van der Waals surface area (Å²) in [6.07, 6.45) is 2.67. The molecule has 3 nitrogen and oxygen atoms in total. The Morgan fingerprint density at radius 1 is 1.39 bits per heavy atom. The van der Waals surface area contributed by atoms with Gasteiger partial charge in [0, 0.05) is 30.6 Å². The van der Waals surface area contributed by atoms with Gasteiger partial charge in [0.15, 0.2) is 5.13 Å². The van der Waals surface area contributed by atoms with E-state index in [1.807, 2.05) is 0 Å². The molecule has 1 heterocycles. The SMILES string of the molecule is CC(C)CN(c1nc(CNC2CC2)cs1)C(C)C. The number of rotatable bonds is 7. The van der Waals surface area contributed by atoms with E-state index in [1.54, 1.807) is 11.3 Å². The van der Waals surface area contributed by atoms with Crippen molar-refractivity contribution in [2.75, 3.05) is 11.4 Å². The summed E-state index contributed by atoms with van der Waals surface area (Å²) >= 11 is 1.77. The summed E-state index contributed by atoms with van der Waals surface area (Å²) in [7, 11) is 0. The number of nitrogens with zero attached hydrogens (tertiary/aromatic N) is 2. The normalized spacial score (nSPS) is 15.7. The van der Waals surface area contributed by atoms with Crippen molar-refractivity contribution in [3.63, 3.8) is 0 Å². The molecule has 0 radical (unpaired) electrons. The van der Waals surface area contributed by atoms with Crippen LogP contribution in [0.5, 0.6) is 0 Å². The second-order valence-electron chi connectivity index (χ2n) is 5.92. The van der Waals surface area contributed by atoms with Gasteiger partial charge in [0.05, 0.1) is 5.69 Å². The molecule has 0 aromatic carbocycles. The lowest BCUT2D eigenvalue weighted by atomic mass is 10.2. The van der Waals surface area contributed by atoms with Crippen LogP contribution in [-0.4, -0.2) is 23.6 Å². The van der Waals surface area contributed by atoms with Crippen molar-refractivity contribution >= 4 is 16.5 Å². The van der Waals surface area contributed by atoms with E-state index in [-0.39, 0.29) is 0 Å². The second-order valence-corrected chi connectivity index (χ2v) is 6.75. The molecule has 1 fully saturated rings. The molecule has 0 unspecified atom stereocenters. The summed E-state index contributed by atoms with van der Waals surface area (Å²) in [5, 5.41) is 6.89. The predicted octanol–water partition coefficient (Wildman–Crippen LogP) is 3.27. The smallest absolute Gasteiger partial charge is 0.185 e. The minimum Gasteiger partial charge on any atom is -0.345 e. The fourth-order valence-electron chi connectivity index (χ4n) is 1.95. The molecule has 0 amide bonds. The van der Waals surface area contributed by atoms with Crippen LogP contribution in [-0.2, 0) is 6.54 Å². The fraction of sp³-hybridized carbons (Fsp3) is 0.786. The average molecular weight is 267 g/mol. The average Bonchev–Trinajstić information content (AvgIpc) is 3.01. The molecule has 1 aliphatic rings. The summed E-state index contributed by atoms with van der Waals surface area (Å²) < 4.78 is 0. The molecule has 102 valence electrons. The van der Waals surface area contributed by atoms with E-state index >= 15 is 0 Å². The number of anilines is 1. The minimum absolute atomic E-state index is 0.516. The van der Waals surface area contributed by atoms with E-state index in [2.05, 4.69) is 43.3 Å². The molecule has 0 aliphatic heterocycles. The van der Waals surface area contributed by atoms with Crippen LogP contribution in [0.4, 0.5) is 5.13 Å². The van der Waals surface area contributed by atoms with Crippen LogP contribution < -0.4 is 10.2 Å². The van der Waals surface area contributed by atoms with Crippen molar-refractivity contribution in [2.24, 2.45) is 5.92 Å². The van der Waals surface area contributed by atoms with Gasteiger partial charge in [-0.25, -0.2) is 4.98 Å². The van der Waals surface area contributed by atoms with E-state index in [0.717, 1.165) is 19.1 Å². The molecule has 0 spiro atoms. The van der Waals surface area contributed by atoms with E-state index in [1.165, 1.54) is 23.7 Å². The Kier molecular flexibility index (Phi) is 4.62. The van der Waals surface area contributed by atoms with Crippen LogP contribution in [0.1, 0.15) is 46.2 Å². The van der Waals surface area contributed by atoms with Gasteiger partial charge in [0.25, 0.3) is 0 Å². The Hall–Kier alpha value is -0.610. The highest BCUT2D eigenvalue weighted by Gasteiger charge is 2.21. The minimum atomic E-state index is 0.516. The molecule has 0 bridgehead atoms. The van der Waals surface area contributed by atoms with E-state index < -0.39 is 0 Å². The molecule has 0 saturated heterocycles. The summed E-state index contributed by atoms with van der Waals surface area (Å²) in [5.74, 6) is 0.671. The third-order valence-electron chi connectivity index (χ3n) is 3.12. The summed E-state index contributed by atoms with van der Waals surface area (Å²) in [6, 6.07) is 1.27. The lowest BCUT2D eigenvalue weighted by Crippen LogP contribution is -2.34. The van der Waals surface area contributed by atoms with Gasteiger partial charge in [-0.2, -0.15) is 0 Å². The first-order valence-corrected chi connectivity index (χ1v) is 7.88. The maximum atomic E-state index is 4.77. The van der Waals surface area contributed by atoms with Gasteiger partial charge in [-0.15, -0.1) is 11.3 Å². The zero-order chi connectivity index (χ0) is 13.1. The van der Waals surface area contributed by atoms with Crippen LogP contribution in [0.25, 0.3) is 0 Å². The fourth-order valence-corrected chi connectivity index (χ4v) is 2.92. The lowest BCUT2D eigenvalue weighted by Gasteiger charge is -2.27. The molecule has 18 heavy (non-hydrogen) atoms. The Labute approximate surface area is 115 Å². The molecule has 0 atom stereocenters. The van der Waals surface area contributed by atoms with Gasteiger partial charge >= 0.3 is 0 Å². The van der Waals surface area contributed by atoms with Crippen LogP contribution >= 0.6 is 11.3 Å². The van der Waals surface area contributed by atoms with Crippen molar-refractivity contribution < 1.29 is 0 Å². The van der Waals surface area contributed by atoms with Crippen LogP contribution in [0, 0.1) is 5.92 Å². The lowest BCUT2D eigenvalue weighted by molar-refractivity contribution is 0.569. The molecule has 1 N–H and O–H groups in total. The van der Waals surface area contributed by atoms with Crippen molar-refractivity contribution in [3.05, 3.63) is 11.1 Å². The Balaban J connectivity index is 1.95. The topological polar surface area (TPSA) is 28.2 Å². The maximum Gasteiger partial charge on any atom is 0.185 e. The van der Waals surface area contributed by atoms with E-state index in [0.29, 0.717) is 12.0 Å².